The third-order valence-corrected chi connectivity index (χ3v) is 6.88. The minimum Gasteiger partial charge on any atom is -0.309 e. The summed E-state index contributed by atoms with van der Waals surface area (Å²) in [6, 6.07) is 5.55. The first-order chi connectivity index (χ1) is 9.11. The highest BCUT2D eigenvalue weighted by Gasteiger charge is 2.40. The minimum absolute atomic E-state index is 0.274. The van der Waals surface area contributed by atoms with E-state index in [9.17, 15) is 8.42 Å². The molecule has 0 aliphatic heterocycles. The van der Waals surface area contributed by atoms with Crippen molar-refractivity contribution in [2.45, 2.75) is 38.0 Å². The lowest BCUT2D eigenvalue weighted by atomic mass is 9.95. The zero-order chi connectivity index (χ0) is 15.6. The second kappa shape index (κ2) is 6.90. The van der Waals surface area contributed by atoms with Gasteiger partial charge in [-0.05, 0) is 50.6 Å². The van der Waals surface area contributed by atoms with Gasteiger partial charge in [0.25, 0.3) is 0 Å². The van der Waals surface area contributed by atoms with Crippen molar-refractivity contribution in [3.05, 3.63) is 32.7 Å². The number of rotatable bonds is 6. The average Bonchev–Trinajstić information content (AvgIpc) is 2.32. The quantitative estimate of drug-likeness (QED) is 0.745. The van der Waals surface area contributed by atoms with Gasteiger partial charge < -0.3 is 5.32 Å². The van der Waals surface area contributed by atoms with Gasteiger partial charge in [0, 0.05) is 15.2 Å². The van der Waals surface area contributed by atoms with Crippen molar-refractivity contribution in [1.29, 1.82) is 0 Å². The van der Waals surface area contributed by atoms with E-state index >= 15 is 0 Å². The van der Waals surface area contributed by atoms with Crippen molar-refractivity contribution >= 4 is 41.7 Å². The van der Waals surface area contributed by atoms with Crippen LogP contribution in [0.5, 0.6) is 0 Å². The maximum absolute atomic E-state index is 12.2. The monoisotopic (exact) mass is 425 g/mol. The lowest BCUT2D eigenvalue weighted by molar-refractivity contribution is 0.419. The Morgan fingerprint density at radius 1 is 1.30 bits per heavy atom. The van der Waals surface area contributed by atoms with Gasteiger partial charge in [-0.2, -0.15) is 0 Å². The number of nitrogens with one attached hydrogen (secondary N) is 1. The van der Waals surface area contributed by atoms with Gasteiger partial charge in [-0.25, -0.2) is 8.42 Å². The van der Waals surface area contributed by atoms with Crippen LogP contribution in [0, 0.1) is 0 Å². The van der Waals surface area contributed by atoms with Crippen LogP contribution in [0.15, 0.2) is 27.1 Å². The summed E-state index contributed by atoms with van der Waals surface area (Å²) >= 11 is 6.98. The highest BCUT2D eigenvalue weighted by Crippen LogP contribution is 2.37. The lowest BCUT2D eigenvalue weighted by Gasteiger charge is -2.34. The minimum atomic E-state index is -3.21. The summed E-state index contributed by atoms with van der Waals surface area (Å²) in [7, 11) is -3.21. The first-order valence-corrected chi connectivity index (χ1v) is 9.97. The smallest absolute Gasteiger partial charge is 0.154 e. The van der Waals surface area contributed by atoms with Gasteiger partial charge in [0.15, 0.2) is 9.84 Å². The topological polar surface area (TPSA) is 46.2 Å². The highest BCUT2D eigenvalue weighted by molar-refractivity contribution is 9.11. The van der Waals surface area contributed by atoms with Gasteiger partial charge >= 0.3 is 0 Å². The SMILES string of the molecule is CCCNC(c1cc(Br)ccc1Br)C(C)(C)S(C)(=O)=O. The predicted molar refractivity (Wildman–Crippen MR) is 91.8 cm³/mol. The molecular weight excluding hydrogens is 406 g/mol. The van der Waals surface area contributed by atoms with E-state index in [4.69, 9.17) is 0 Å². The number of hydrogen-bond acceptors (Lipinski definition) is 3. The predicted octanol–water partition coefficient (Wildman–Crippen LogP) is 4.08. The standard InChI is InChI=1S/C14H21Br2NO2S/c1-5-8-17-13(14(2,3)20(4,18)19)11-9-10(15)6-7-12(11)16/h6-7,9,13,17H,5,8H2,1-4H3. The van der Waals surface area contributed by atoms with Crippen LogP contribution in [0.4, 0.5) is 0 Å². The lowest BCUT2D eigenvalue weighted by Crippen LogP contribution is -2.45. The molecule has 1 aromatic carbocycles. The summed E-state index contributed by atoms with van der Waals surface area (Å²) in [5.74, 6) is 0. The molecule has 0 radical (unpaired) electrons. The molecular formula is C14H21Br2NO2S. The van der Waals surface area contributed by atoms with Crippen LogP contribution in [0.1, 0.15) is 38.8 Å². The number of benzene rings is 1. The van der Waals surface area contributed by atoms with E-state index in [1.54, 1.807) is 13.8 Å². The van der Waals surface area contributed by atoms with Gasteiger partial charge in [0.1, 0.15) is 0 Å². The fraction of sp³-hybridized carbons (Fsp3) is 0.571. The van der Waals surface area contributed by atoms with Gasteiger partial charge in [-0.3, -0.25) is 0 Å². The molecule has 3 nitrogen and oxygen atoms in total. The molecule has 0 aliphatic carbocycles. The van der Waals surface area contributed by atoms with Gasteiger partial charge in [0.05, 0.1) is 10.8 Å². The Kier molecular flexibility index (Phi) is 6.26. The molecule has 6 heteroatoms. The van der Waals surface area contributed by atoms with Crippen LogP contribution >= 0.6 is 31.9 Å². The second-order valence-corrected chi connectivity index (χ2v) is 9.80. The zero-order valence-corrected chi connectivity index (χ0v) is 16.2. The first kappa shape index (κ1) is 18.1. The first-order valence-electron chi connectivity index (χ1n) is 6.49. The molecule has 0 aromatic heterocycles. The average molecular weight is 427 g/mol. The largest absolute Gasteiger partial charge is 0.309 e. The maximum Gasteiger partial charge on any atom is 0.154 e. The van der Waals surface area contributed by atoms with Gasteiger partial charge in [-0.15, -0.1) is 0 Å². The molecule has 20 heavy (non-hydrogen) atoms. The molecule has 0 fully saturated rings. The van der Waals surface area contributed by atoms with Gasteiger partial charge in [-0.1, -0.05) is 38.8 Å². The van der Waals surface area contributed by atoms with Crippen molar-refractivity contribution in [1.82, 2.24) is 5.32 Å². The Balaban J connectivity index is 3.36. The van der Waals surface area contributed by atoms with Crippen LogP contribution in [0.2, 0.25) is 0 Å². The molecule has 1 unspecified atom stereocenters. The van der Waals surface area contributed by atoms with Crippen molar-refractivity contribution in [2.24, 2.45) is 0 Å². The summed E-state index contributed by atoms with van der Waals surface area (Å²) < 4.78 is 25.3. The molecule has 0 amide bonds. The molecule has 0 bridgehead atoms. The van der Waals surface area contributed by atoms with Crippen LogP contribution in [0.3, 0.4) is 0 Å². The van der Waals surface area contributed by atoms with Gasteiger partial charge in [0.2, 0.25) is 0 Å². The number of sulfone groups is 1. The summed E-state index contributed by atoms with van der Waals surface area (Å²) in [6.07, 6.45) is 2.24. The van der Waals surface area contributed by atoms with Crippen molar-refractivity contribution in [3.63, 3.8) is 0 Å². The van der Waals surface area contributed by atoms with Crippen LogP contribution < -0.4 is 5.32 Å². The van der Waals surface area contributed by atoms with Crippen LogP contribution in [0.25, 0.3) is 0 Å². The third kappa shape index (κ3) is 4.06. The molecule has 0 heterocycles. The fourth-order valence-electron chi connectivity index (χ4n) is 1.97. The molecule has 114 valence electrons. The van der Waals surface area contributed by atoms with E-state index in [2.05, 4.69) is 44.1 Å². The molecule has 0 spiro atoms. The maximum atomic E-state index is 12.2. The fourth-order valence-corrected chi connectivity index (χ4v) is 3.46. The Morgan fingerprint density at radius 2 is 1.90 bits per heavy atom. The van der Waals surface area contributed by atoms with Crippen molar-refractivity contribution in [2.75, 3.05) is 12.8 Å². The highest BCUT2D eigenvalue weighted by atomic mass is 79.9. The summed E-state index contributed by atoms with van der Waals surface area (Å²) in [5.41, 5.74) is 0.947. The normalized spacial score (nSPS) is 14.3. The van der Waals surface area contributed by atoms with Crippen molar-refractivity contribution < 1.29 is 8.42 Å². The van der Waals surface area contributed by atoms with E-state index in [0.29, 0.717) is 0 Å². The number of hydrogen-bond donors (Lipinski definition) is 1. The number of halogens is 2. The Morgan fingerprint density at radius 3 is 2.40 bits per heavy atom. The van der Waals surface area contributed by atoms with E-state index in [-0.39, 0.29) is 6.04 Å². The van der Waals surface area contributed by atoms with Crippen LogP contribution in [-0.4, -0.2) is 26.0 Å². The molecule has 0 aliphatic rings. The molecule has 1 aromatic rings. The molecule has 1 atom stereocenters. The zero-order valence-electron chi connectivity index (χ0n) is 12.2. The Bertz CT molecular complexity index is 571. The molecule has 0 saturated heterocycles. The summed E-state index contributed by atoms with van der Waals surface area (Å²) in [6.45, 7) is 6.36. The summed E-state index contributed by atoms with van der Waals surface area (Å²) in [5, 5.41) is 3.37. The third-order valence-electron chi connectivity index (χ3n) is 3.52. The second-order valence-electron chi connectivity index (χ2n) is 5.43. The van der Waals surface area contributed by atoms with Crippen molar-refractivity contribution in [3.8, 4) is 0 Å². The van der Waals surface area contributed by atoms with E-state index < -0.39 is 14.6 Å². The van der Waals surface area contributed by atoms with E-state index in [1.165, 1.54) is 6.26 Å². The Labute approximate surface area is 138 Å². The molecule has 1 N–H and O–H groups in total. The van der Waals surface area contributed by atoms with E-state index in [1.807, 2.05) is 18.2 Å². The molecule has 1 rings (SSSR count). The summed E-state index contributed by atoms with van der Waals surface area (Å²) in [4.78, 5) is 0. The van der Waals surface area contributed by atoms with E-state index in [0.717, 1.165) is 27.5 Å². The Hall–Kier alpha value is 0.0900. The molecule has 0 saturated carbocycles. The van der Waals surface area contributed by atoms with Crippen LogP contribution in [-0.2, 0) is 9.84 Å².